The van der Waals surface area contributed by atoms with Crippen molar-refractivity contribution in [1.82, 2.24) is 10.6 Å². The average Bonchev–Trinajstić information content (AvgIpc) is 3.39. The molecule has 1 saturated carbocycles. The number of aliphatic imine (C=N–C) groups is 1. The third-order valence-corrected chi connectivity index (χ3v) is 5.66. The van der Waals surface area contributed by atoms with Crippen LogP contribution < -0.4 is 15.4 Å². The lowest BCUT2D eigenvalue weighted by Gasteiger charge is -2.40. The second-order valence-electron chi connectivity index (χ2n) is 7.68. The highest BCUT2D eigenvalue weighted by Gasteiger charge is 2.43. The van der Waals surface area contributed by atoms with E-state index in [1.807, 2.05) is 19.1 Å². The molecule has 1 aromatic carbocycles. The van der Waals surface area contributed by atoms with Gasteiger partial charge < -0.3 is 24.9 Å². The zero-order valence-corrected chi connectivity index (χ0v) is 19.1. The van der Waals surface area contributed by atoms with Crippen molar-refractivity contribution in [1.29, 1.82) is 0 Å². The highest BCUT2D eigenvalue weighted by atomic mass is 127. The van der Waals surface area contributed by atoms with Gasteiger partial charge in [0.05, 0.1) is 18.8 Å². The highest BCUT2D eigenvalue weighted by Crippen LogP contribution is 2.46. The first kappa shape index (κ1) is 22.0. The van der Waals surface area contributed by atoms with Crippen LogP contribution in [0, 0.1) is 0 Å². The summed E-state index contributed by atoms with van der Waals surface area (Å²) in [6.07, 6.45) is 6.38. The number of benzene rings is 1. The van der Waals surface area contributed by atoms with Crippen molar-refractivity contribution in [3.63, 3.8) is 0 Å². The van der Waals surface area contributed by atoms with Crippen molar-refractivity contribution in [2.75, 3.05) is 13.1 Å². The van der Waals surface area contributed by atoms with E-state index in [2.05, 4.69) is 27.8 Å². The molecular formula is C22H30IN3O3. The molecule has 1 spiro atoms. The summed E-state index contributed by atoms with van der Waals surface area (Å²) in [6.45, 7) is 3.02. The molecule has 0 bridgehead atoms. The number of aliphatic hydroxyl groups is 1. The summed E-state index contributed by atoms with van der Waals surface area (Å²) in [5.41, 5.74) is 1.09. The molecule has 0 radical (unpaired) electrons. The van der Waals surface area contributed by atoms with Crippen LogP contribution in [0.5, 0.6) is 5.75 Å². The van der Waals surface area contributed by atoms with Crippen LogP contribution in [0.4, 0.5) is 0 Å². The van der Waals surface area contributed by atoms with Crippen molar-refractivity contribution in [3.05, 3.63) is 54.0 Å². The van der Waals surface area contributed by atoms with E-state index < -0.39 is 6.10 Å². The van der Waals surface area contributed by atoms with E-state index in [4.69, 9.17) is 9.15 Å². The lowest BCUT2D eigenvalue weighted by Crippen LogP contribution is -2.46. The Kier molecular flexibility index (Phi) is 7.45. The molecule has 1 aliphatic heterocycles. The quantitative estimate of drug-likeness (QED) is 0.317. The smallest absolute Gasteiger partial charge is 0.191 e. The SMILES string of the molecule is CCNC(=NCC(O)c1ccco1)NC1CC2(CCCC2)Oc2ccccc21.I. The van der Waals surface area contributed by atoms with Gasteiger partial charge in [-0.25, -0.2) is 0 Å². The number of hydrogen-bond donors (Lipinski definition) is 3. The number of guanidine groups is 1. The zero-order valence-electron chi connectivity index (χ0n) is 16.8. The Bertz CT molecular complexity index is 803. The van der Waals surface area contributed by atoms with Crippen molar-refractivity contribution in [2.24, 2.45) is 4.99 Å². The number of aliphatic hydroxyl groups excluding tert-OH is 1. The number of rotatable bonds is 5. The Morgan fingerprint density at radius 2 is 2.03 bits per heavy atom. The van der Waals surface area contributed by atoms with Crippen molar-refractivity contribution in [3.8, 4) is 5.75 Å². The summed E-state index contributed by atoms with van der Waals surface area (Å²) in [4.78, 5) is 4.60. The first-order chi connectivity index (χ1) is 13.7. The van der Waals surface area contributed by atoms with Gasteiger partial charge >= 0.3 is 0 Å². The Balaban J connectivity index is 0.00000240. The first-order valence-electron chi connectivity index (χ1n) is 10.2. The number of nitrogens with one attached hydrogen (secondary N) is 2. The molecule has 1 aliphatic carbocycles. The van der Waals surface area contributed by atoms with Gasteiger partial charge in [0, 0.05) is 18.5 Å². The van der Waals surface area contributed by atoms with Crippen LogP contribution in [0.3, 0.4) is 0 Å². The second kappa shape index (κ2) is 9.84. The molecule has 4 rings (SSSR count). The minimum atomic E-state index is -0.756. The van der Waals surface area contributed by atoms with Gasteiger partial charge in [-0.1, -0.05) is 18.2 Å². The number of ether oxygens (including phenoxy) is 1. The van der Waals surface area contributed by atoms with Gasteiger partial charge in [-0.05, 0) is 50.8 Å². The van der Waals surface area contributed by atoms with Crippen LogP contribution in [0.15, 0.2) is 52.1 Å². The summed E-state index contributed by atoms with van der Waals surface area (Å²) >= 11 is 0. The third kappa shape index (κ3) is 5.06. The summed E-state index contributed by atoms with van der Waals surface area (Å²) in [5, 5.41) is 17.2. The third-order valence-electron chi connectivity index (χ3n) is 5.66. The molecular weight excluding hydrogens is 481 g/mol. The molecule has 2 heterocycles. The largest absolute Gasteiger partial charge is 0.487 e. The van der Waals surface area contributed by atoms with Crippen LogP contribution in [0.25, 0.3) is 0 Å². The predicted octanol–water partition coefficient (Wildman–Crippen LogP) is 4.32. The summed E-state index contributed by atoms with van der Waals surface area (Å²) in [7, 11) is 0. The van der Waals surface area contributed by atoms with E-state index in [1.165, 1.54) is 12.8 Å². The van der Waals surface area contributed by atoms with Gasteiger partial charge in [0.2, 0.25) is 0 Å². The fourth-order valence-corrected chi connectivity index (χ4v) is 4.31. The highest BCUT2D eigenvalue weighted by molar-refractivity contribution is 14.0. The fourth-order valence-electron chi connectivity index (χ4n) is 4.31. The molecule has 3 N–H and O–H groups in total. The molecule has 2 atom stereocenters. The molecule has 0 saturated heterocycles. The van der Waals surface area contributed by atoms with Gasteiger partial charge in [-0.2, -0.15) is 0 Å². The van der Waals surface area contributed by atoms with E-state index in [0.29, 0.717) is 11.7 Å². The molecule has 2 aromatic rings. The van der Waals surface area contributed by atoms with Gasteiger partial charge in [0.15, 0.2) is 5.96 Å². The maximum Gasteiger partial charge on any atom is 0.191 e. The van der Waals surface area contributed by atoms with Gasteiger partial charge in [0.1, 0.15) is 23.2 Å². The van der Waals surface area contributed by atoms with E-state index in [0.717, 1.165) is 37.1 Å². The number of hydrogen-bond acceptors (Lipinski definition) is 4. The zero-order chi connectivity index (χ0) is 19.4. The molecule has 2 aliphatic rings. The Morgan fingerprint density at radius 1 is 1.24 bits per heavy atom. The number of halogens is 1. The fraction of sp³-hybridized carbons (Fsp3) is 0.500. The Hall–Kier alpha value is -1.74. The number of para-hydroxylation sites is 1. The molecule has 6 nitrogen and oxygen atoms in total. The second-order valence-corrected chi connectivity index (χ2v) is 7.68. The molecule has 158 valence electrons. The van der Waals surface area contributed by atoms with Crippen LogP contribution in [0.1, 0.15) is 62.5 Å². The molecule has 29 heavy (non-hydrogen) atoms. The molecule has 7 heteroatoms. The summed E-state index contributed by atoms with van der Waals surface area (Å²) < 4.78 is 11.7. The number of nitrogens with zero attached hydrogens (tertiary/aromatic N) is 1. The monoisotopic (exact) mass is 511 g/mol. The molecule has 2 unspecified atom stereocenters. The average molecular weight is 511 g/mol. The van der Waals surface area contributed by atoms with Gasteiger partial charge in [-0.15, -0.1) is 24.0 Å². The number of furan rings is 1. The normalized spacial score (nSPS) is 21.0. The van der Waals surface area contributed by atoms with Crippen LogP contribution in [0.2, 0.25) is 0 Å². The standard InChI is InChI=1S/C22H29N3O3.HI/c1-2-23-21(24-15-18(26)20-10-7-13-27-20)25-17-14-22(11-5-6-12-22)28-19-9-4-3-8-16(17)19;/h3-4,7-10,13,17-18,26H,2,5-6,11-12,14-15H2,1H3,(H2,23,24,25);1H. The van der Waals surface area contributed by atoms with Crippen LogP contribution >= 0.6 is 24.0 Å². The molecule has 1 aromatic heterocycles. The topological polar surface area (TPSA) is 79.0 Å². The van der Waals surface area contributed by atoms with E-state index >= 15 is 0 Å². The van der Waals surface area contributed by atoms with E-state index in [9.17, 15) is 5.11 Å². The minimum absolute atomic E-state index is 0. The summed E-state index contributed by atoms with van der Waals surface area (Å²) in [5.74, 6) is 2.20. The Labute approximate surface area is 189 Å². The van der Waals surface area contributed by atoms with E-state index in [1.54, 1.807) is 18.4 Å². The minimum Gasteiger partial charge on any atom is -0.487 e. The summed E-state index contributed by atoms with van der Waals surface area (Å²) in [6, 6.07) is 11.9. The van der Waals surface area contributed by atoms with E-state index in [-0.39, 0.29) is 42.2 Å². The Morgan fingerprint density at radius 3 is 2.76 bits per heavy atom. The lowest BCUT2D eigenvalue weighted by molar-refractivity contribution is 0.0395. The van der Waals surface area contributed by atoms with Crippen molar-refractivity contribution >= 4 is 29.9 Å². The molecule has 1 fully saturated rings. The van der Waals surface area contributed by atoms with Crippen LogP contribution in [-0.2, 0) is 0 Å². The van der Waals surface area contributed by atoms with Crippen LogP contribution in [-0.4, -0.2) is 29.8 Å². The maximum atomic E-state index is 10.3. The maximum absolute atomic E-state index is 10.3. The molecule has 0 amide bonds. The van der Waals surface area contributed by atoms with Gasteiger partial charge in [-0.3, -0.25) is 4.99 Å². The number of fused-ring (bicyclic) bond motifs is 1. The first-order valence-corrected chi connectivity index (χ1v) is 10.2. The van der Waals surface area contributed by atoms with Gasteiger partial charge in [0.25, 0.3) is 0 Å². The van der Waals surface area contributed by atoms with Crippen molar-refractivity contribution in [2.45, 2.75) is 56.8 Å². The lowest BCUT2D eigenvalue weighted by atomic mass is 9.86. The van der Waals surface area contributed by atoms with Crippen molar-refractivity contribution < 1.29 is 14.3 Å². The predicted molar refractivity (Wildman–Crippen MR) is 124 cm³/mol.